The molecule has 26 heavy (non-hydrogen) atoms. The molecule has 2 N–H and O–H groups in total. The minimum Gasteiger partial charge on any atom is -0.333 e. The Kier molecular flexibility index (Phi) is 5.38. The van der Waals surface area contributed by atoms with Gasteiger partial charge < -0.3 is 15.5 Å². The van der Waals surface area contributed by atoms with Gasteiger partial charge in [-0.2, -0.15) is 0 Å². The zero-order chi connectivity index (χ0) is 18.7. The van der Waals surface area contributed by atoms with Gasteiger partial charge in [-0.15, -0.1) is 0 Å². The third kappa shape index (κ3) is 3.48. The highest BCUT2D eigenvalue weighted by atomic mass is 16.2. The average molecular weight is 351 g/mol. The molecule has 0 aromatic heterocycles. The van der Waals surface area contributed by atoms with E-state index < -0.39 is 18.0 Å². The zero-order valence-corrected chi connectivity index (χ0v) is 15.2. The monoisotopic (exact) mass is 351 g/mol. The summed E-state index contributed by atoms with van der Waals surface area (Å²) in [6.07, 6.45) is 0.628. The second-order valence-corrected chi connectivity index (χ2v) is 6.80. The van der Waals surface area contributed by atoms with Gasteiger partial charge in [0.2, 0.25) is 11.8 Å². The molecule has 1 saturated heterocycles. The van der Waals surface area contributed by atoms with Crippen LogP contribution in [0.1, 0.15) is 24.9 Å². The number of carbonyl (C=O) groups is 2. The third-order valence-corrected chi connectivity index (χ3v) is 5.17. The van der Waals surface area contributed by atoms with Crippen LogP contribution in [0.2, 0.25) is 0 Å². The van der Waals surface area contributed by atoms with Crippen LogP contribution in [-0.2, 0) is 9.59 Å². The molecule has 5 nitrogen and oxygen atoms in total. The molecule has 2 aromatic carbocycles. The Labute approximate surface area is 154 Å². The van der Waals surface area contributed by atoms with Crippen LogP contribution in [0.5, 0.6) is 0 Å². The van der Waals surface area contributed by atoms with E-state index in [9.17, 15) is 9.59 Å². The molecule has 2 aromatic rings. The Morgan fingerprint density at radius 1 is 1.12 bits per heavy atom. The molecule has 3 rings (SSSR count). The summed E-state index contributed by atoms with van der Waals surface area (Å²) in [5.74, 6) is -0.539. The molecule has 0 bridgehead atoms. The normalized spacial score (nSPS) is 19.3. The van der Waals surface area contributed by atoms with Crippen molar-refractivity contribution in [2.75, 3.05) is 18.5 Å². The van der Waals surface area contributed by atoms with Crippen molar-refractivity contribution >= 4 is 17.5 Å². The van der Waals surface area contributed by atoms with Crippen LogP contribution >= 0.6 is 0 Å². The molecule has 136 valence electrons. The van der Waals surface area contributed by atoms with Crippen molar-refractivity contribution in [3.05, 3.63) is 66.2 Å². The van der Waals surface area contributed by atoms with Crippen LogP contribution < -0.4 is 10.6 Å². The SMILES string of the molecule is CC(C(=O)N(C)C1CCN(c2ccccc2)C1=O)C(N)c1ccccc1. The number of nitrogens with zero attached hydrogens (tertiary/aromatic N) is 2. The van der Waals surface area contributed by atoms with Crippen LogP contribution in [0.4, 0.5) is 5.69 Å². The van der Waals surface area contributed by atoms with Gasteiger partial charge in [-0.25, -0.2) is 0 Å². The summed E-state index contributed by atoms with van der Waals surface area (Å²) in [7, 11) is 1.70. The molecule has 1 heterocycles. The molecule has 0 radical (unpaired) electrons. The number of likely N-dealkylation sites (N-methyl/N-ethyl adjacent to an activating group) is 1. The topological polar surface area (TPSA) is 66.6 Å². The van der Waals surface area contributed by atoms with E-state index >= 15 is 0 Å². The largest absolute Gasteiger partial charge is 0.333 e. The molecule has 3 unspecified atom stereocenters. The summed E-state index contributed by atoms with van der Waals surface area (Å²) in [5.41, 5.74) is 8.08. The predicted octanol–water partition coefficient (Wildman–Crippen LogP) is 2.59. The van der Waals surface area contributed by atoms with Crippen molar-refractivity contribution in [2.24, 2.45) is 11.7 Å². The molecule has 0 spiro atoms. The summed E-state index contributed by atoms with van der Waals surface area (Å²) in [5, 5.41) is 0. The van der Waals surface area contributed by atoms with Gasteiger partial charge in [-0.1, -0.05) is 55.5 Å². The van der Waals surface area contributed by atoms with Crippen LogP contribution in [0.25, 0.3) is 0 Å². The van der Waals surface area contributed by atoms with Gasteiger partial charge >= 0.3 is 0 Å². The van der Waals surface area contributed by atoms with Gasteiger partial charge in [-0.3, -0.25) is 9.59 Å². The van der Waals surface area contributed by atoms with Gasteiger partial charge in [0.25, 0.3) is 0 Å². The quantitative estimate of drug-likeness (QED) is 0.900. The van der Waals surface area contributed by atoms with Gasteiger partial charge in [-0.05, 0) is 24.1 Å². The third-order valence-electron chi connectivity index (χ3n) is 5.17. The Morgan fingerprint density at radius 3 is 2.31 bits per heavy atom. The fourth-order valence-electron chi connectivity index (χ4n) is 3.48. The first-order valence-electron chi connectivity index (χ1n) is 8.94. The van der Waals surface area contributed by atoms with Crippen LogP contribution in [0, 0.1) is 5.92 Å². The van der Waals surface area contributed by atoms with Crippen LogP contribution in [0.3, 0.4) is 0 Å². The highest BCUT2D eigenvalue weighted by Gasteiger charge is 2.39. The van der Waals surface area contributed by atoms with Gasteiger partial charge in [0.05, 0.1) is 5.92 Å². The summed E-state index contributed by atoms with van der Waals surface area (Å²) in [6, 6.07) is 18.3. The fraction of sp³-hybridized carbons (Fsp3) is 0.333. The molecule has 1 aliphatic heterocycles. The van der Waals surface area contributed by atoms with Crippen molar-refractivity contribution in [1.29, 1.82) is 0 Å². The van der Waals surface area contributed by atoms with Crippen molar-refractivity contribution in [3.8, 4) is 0 Å². The molecule has 0 aliphatic carbocycles. The maximum Gasteiger partial charge on any atom is 0.249 e. The molecule has 3 atom stereocenters. The maximum atomic E-state index is 12.9. The van der Waals surface area contributed by atoms with Gasteiger partial charge in [0, 0.05) is 25.3 Å². The van der Waals surface area contributed by atoms with Crippen LogP contribution in [0.15, 0.2) is 60.7 Å². The summed E-state index contributed by atoms with van der Waals surface area (Å²) in [6.45, 7) is 2.44. The van der Waals surface area contributed by atoms with Crippen molar-refractivity contribution in [3.63, 3.8) is 0 Å². The van der Waals surface area contributed by atoms with Crippen molar-refractivity contribution < 1.29 is 9.59 Å². The maximum absolute atomic E-state index is 12.9. The number of para-hydroxylation sites is 1. The number of benzene rings is 2. The van der Waals surface area contributed by atoms with Crippen LogP contribution in [-0.4, -0.2) is 36.3 Å². The summed E-state index contributed by atoms with van der Waals surface area (Å²) in [4.78, 5) is 29.0. The molecular weight excluding hydrogens is 326 g/mol. The lowest BCUT2D eigenvalue weighted by atomic mass is 9.94. The standard InChI is InChI=1S/C21H25N3O2/c1-15(19(22)16-9-5-3-6-10-16)20(25)23(2)18-13-14-24(21(18)26)17-11-7-4-8-12-17/h3-12,15,18-19H,13-14,22H2,1-2H3. The Morgan fingerprint density at radius 2 is 1.69 bits per heavy atom. The average Bonchev–Trinajstić information content (AvgIpc) is 3.08. The second kappa shape index (κ2) is 7.70. The lowest BCUT2D eigenvalue weighted by Gasteiger charge is -2.29. The minimum absolute atomic E-state index is 0.0347. The van der Waals surface area contributed by atoms with Gasteiger partial charge in [0.1, 0.15) is 6.04 Å². The van der Waals surface area contributed by atoms with Crippen molar-refractivity contribution in [2.45, 2.75) is 25.4 Å². The zero-order valence-electron chi connectivity index (χ0n) is 15.2. The first-order chi connectivity index (χ1) is 12.5. The number of nitrogens with two attached hydrogens (primary N) is 1. The molecule has 1 aliphatic rings. The summed E-state index contributed by atoms with van der Waals surface area (Å²) >= 11 is 0. The Bertz CT molecular complexity index is 763. The van der Waals surface area contributed by atoms with Crippen molar-refractivity contribution in [1.82, 2.24) is 4.90 Å². The summed E-state index contributed by atoms with van der Waals surface area (Å²) < 4.78 is 0. The number of amides is 2. The second-order valence-electron chi connectivity index (χ2n) is 6.80. The van der Waals surface area contributed by atoms with E-state index in [1.807, 2.05) is 67.6 Å². The highest BCUT2D eigenvalue weighted by Crippen LogP contribution is 2.26. The number of anilines is 1. The number of hydrogen-bond acceptors (Lipinski definition) is 3. The van der Waals surface area contributed by atoms with E-state index in [1.165, 1.54) is 0 Å². The van der Waals surface area contributed by atoms with E-state index in [4.69, 9.17) is 5.73 Å². The Balaban J connectivity index is 1.70. The van der Waals surface area contributed by atoms with E-state index in [-0.39, 0.29) is 11.8 Å². The lowest BCUT2D eigenvalue weighted by Crippen LogP contribution is -2.46. The molecule has 2 amide bonds. The molecule has 0 saturated carbocycles. The predicted molar refractivity (Wildman–Crippen MR) is 103 cm³/mol. The number of carbonyl (C=O) groups excluding carboxylic acids is 2. The van der Waals surface area contributed by atoms with E-state index in [1.54, 1.807) is 16.8 Å². The van der Waals surface area contributed by atoms with E-state index in [2.05, 4.69) is 0 Å². The van der Waals surface area contributed by atoms with Gasteiger partial charge in [0.15, 0.2) is 0 Å². The molecule has 5 heteroatoms. The fourth-order valence-corrected chi connectivity index (χ4v) is 3.48. The minimum atomic E-state index is -0.437. The smallest absolute Gasteiger partial charge is 0.249 e. The lowest BCUT2D eigenvalue weighted by molar-refractivity contribution is -0.140. The first kappa shape index (κ1) is 18.1. The number of hydrogen-bond donors (Lipinski definition) is 1. The molecule has 1 fully saturated rings. The van der Waals surface area contributed by atoms with E-state index in [0.29, 0.717) is 13.0 Å². The Hall–Kier alpha value is -2.66. The first-order valence-corrected chi connectivity index (χ1v) is 8.94. The van der Waals surface area contributed by atoms with E-state index in [0.717, 1.165) is 11.3 Å². The highest BCUT2D eigenvalue weighted by molar-refractivity contribution is 6.01. The molecular formula is C21H25N3O2. The number of rotatable bonds is 5.